The van der Waals surface area contributed by atoms with Gasteiger partial charge in [-0.1, -0.05) is 45.9 Å². The highest BCUT2D eigenvalue weighted by molar-refractivity contribution is 5.42. The van der Waals surface area contributed by atoms with Crippen molar-refractivity contribution in [2.75, 3.05) is 20.2 Å². The Morgan fingerprint density at radius 2 is 1.86 bits per heavy atom. The van der Waals surface area contributed by atoms with Crippen molar-refractivity contribution in [1.82, 2.24) is 4.90 Å². The van der Waals surface area contributed by atoms with Crippen molar-refractivity contribution >= 4 is 0 Å². The van der Waals surface area contributed by atoms with Crippen LogP contribution in [-0.4, -0.2) is 58.7 Å². The fourth-order valence-corrected chi connectivity index (χ4v) is 6.63. The Morgan fingerprint density at radius 1 is 1.14 bits per heavy atom. The molecule has 2 N–H and O–H groups in total. The zero-order valence-electron chi connectivity index (χ0n) is 24.3. The Labute approximate surface area is 225 Å². The first-order valence-corrected chi connectivity index (χ1v) is 14.5. The number of phenolic OH excluding ortho intramolecular Hbond substituents is 1. The number of hydrogen-bond donors (Lipinski definition) is 2. The predicted molar refractivity (Wildman–Crippen MR) is 150 cm³/mol. The molecule has 1 unspecified atom stereocenters. The van der Waals surface area contributed by atoms with E-state index in [0.29, 0.717) is 11.8 Å². The van der Waals surface area contributed by atoms with Crippen molar-refractivity contribution in [2.45, 2.75) is 110 Å². The molecule has 1 aliphatic heterocycles. The standard InChI is InChI=1S/C32H51NO4/c1-22-15-17-33(21-24-11-12-24)26(18-22)19-25-13-14-27(34)28(20-25)37-23(2)32(36-7)16-9-8-10-29(32)31(6,35)30(3,4)5/h9,13-14,16,20,22-24,26,29,34-35H,8,10-12,15,17-19,21H2,1-7H3/t22-,23-,26+,29-,31+,32?/m1/s1. The lowest BCUT2D eigenvalue weighted by atomic mass is 9.60. The van der Waals surface area contributed by atoms with Gasteiger partial charge in [0.25, 0.3) is 0 Å². The van der Waals surface area contributed by atoms with Crippen LogP contribution < -0.4 is 4.74 Å². The summed E-state index contributed by atoms with van der Waals surface area (Å²) in [6.07, 6.45) is 11.8. The number of ether oxygens (including phenoxy) is 2. The molecule has 1 saturated carbocycles. The fraction of sp³-hybridized carbons (Fsp3) is 0.750. The summed E-state index contributed by atoms with van der Waals surface area (Å²) >= 11 is 0. The second-order valence-electron chi connectivity index (χ2n) is 13.5. The normalized spacial score (nSPS) is 31.6. The monoisotopic (exact) mass is 513 g/mol. The largest absolute Gasteiger partial charge is 0.504 e. The number of piperidine rings is 1. The van der Waals surface area contributed by atoms with Gasteiger partial charge in [-0.3, -0.25) is 4.90 Å². The molecule has 0 spiro atoms. The minimum absolute atomic E-state index is 0.146. The average Bonchev–Trinajstić information content (AvgIpc) is 3.66. The molecule has 0 bridgehead atoms. The molecule has 1 aromatic rings. The summed E-state index contributed by atoms with van der Waals surface area (Å²) in [4.78, 5) is 2.71. The maximum absolute atomic E-state index is 11.7. The van der Waals surface area contributed by atoms with Gasteiger partial charge >= 0.3 is 0 Å². The molecular weight excluding hydrogens is 462 g/mol. The molecule has 0 amide bonds. The van der Waals surface area contributed by atoms with Crippen molar-refractivity contribution in [3.8, 4) is 11.5 Å². The van der Waals surface area contributed by atoms with E-state index in [2.05, 4.69) is 44.7 Å². The Hall–Kier alpha value is -1.56. The lowest BCUT2D eigenvalue weighted by molar-refractivity contribution is -0.187. The molecule has 1 heterocycles. The zero-order chi connectivity index (χ0) is 27.0. The van der Waals surface area contributed by atoms with Crippen molar-refractivity contribution < 1.29 is 19.7 Å². The molecule has 4 rings (SSSR count). The summed E-state index contributed by atoms with van der Waals surface area (Å²) in [7, 11) is 1.70. The summed E-state index contributed by atoms with van der Waals surface area (Å²) < 4.78 is 12.7. The first-order chi connectivity index (χ1) is 17.4. The van der Waals surface area contributed by atoms with Crippen molar-refractivity contribution in [3.63, 3.8) is 0 Å². The maximum atomic E-state index is 11.7. The number of hydrogen-bond acceptors (Lipinski definition) is 5. The van der Waals surface area contributed by atoms with Crippen molar-refractivity contribution in [2.24, 2.45) is 23.2 Å². The number of phenols is 1. The number of rotatable bonds is 9. The third kappa shape index (κ3) is 6.04. The molecule has 5 heteroatoms. The van der Waals surface area contributed by atoms with E-state index >= 15 is 0 Å². The Morgan fingerprint density at radius 3 is 2.51 bits per heavy atom. The van der Waals surface area contributed by atoms with Gasteiger partial charge in [0.05, 0.1) is 5.60 Å². The van der Waals surface area contributed by atoms with Gasteiger partial charge in [-0.25, -0.2) is 0 Å². The lowest BCUT2D eigenvalue weighted by Crippen LogP contribution is -2.62. The minimum Gasteiger partial charge on any atom is -0.504 e. The molecule has 5 nitrogen and oxygen atoms in total. The highest BCUT2D eigenvalue weighted by atomic mass is 16.5. The van der Waals surface area contributed by atoms with E-state index in [1.54, 1.807) is 13.2 Å². The van der Waals surface area contributed by atoms with Gasteiger partial charge in [0.15, 0.2) is 11.5 Å². The number of nitrogens with zero attached hydrogens (tertiary/aromatic N) is 1. The molecule has 1 aromatic carbocycles. The second kappa shape index (κ2) is 10.9. The fourth-order valence-electron chi connectivity index (χ4n) is 6.63. The van der Waals surface area contributed by atoms with E-state index in [9.17, 15) is 10.2 Å². The summed E-state index contributed by atoms with van der Waals surface area (Å²) in [5, 5.41) is 22.5. The second-order valence-corrected chi connectivity index (χ2v) is 13.5. The van der Waals surface area contributed by atoms with Gasteiger partial charge in [0.1, 0.15) is 11.7 Å². The molecule has 208 valence electrons. The van der Waals surface area contributed by atoms with E-state index in [1.165, 1.54) is 44.3 Å². The highest BCUT2D eigenvalue weighted by Gasteiger charge is 2.56. The van der Waals surface area contributed by atoms with Gasteiger partial charge in [-0.2, -0.15) is 0 Å². The van der Waals surface area contributed by atoms with E-state index < -0.39 is 17.3 Å². The topological polar surface area (TPSA) is 62.2 Å². The van der Waals surface area contributed by atoms with E-state index in [4.69, 9.17) is 9.47 Å². The van der Waals surface area contributed by atoms with Crippen LogP contribution in [0.2, 0.25) is 0 Å². The Balaban J connectivity index is 1.55. The lowest BCUT2D eigenvalue weighted by Gasteiger charge is -2.53. The quantitative estimate of drug-likeness (QED) is 0.376. The van der Waals surface area contributed by atoms with Gasteiger partial charge in [-0.15, -0.1) is 0 Å². The Kier molecular flexibility index (Phi) is 8.38. The minimum atomic E-state index is -0.974. The van der Waals surface area contributed by atoms with E-state index in [-0.39, 0.29) is 17.1 Å². The number of allylic oxidation sites excluding steroid dienone is 1. The van der Waals surface area contributed by atoms with Crippen LogP contribution >= 0.6 is 0 Å². The van der Waals surface area contributed by atoms with E-state index in [1.807, 2.05) is 26.0 Å². The highest BCUT2D eigenvalue weighted by Crippen LogP contribution is 2.49. The van der Waals surface area contributed by atoms with Crippen LogP contribution in [0.25, 0.3) is 0 Å². The predicted octanol–water partition coefficient (Wildman–Crippen LogP) is 6.36. The number of likely N-dealkylation sites (tertiary alicyclic amines) is 1. The Bertz CT molecular complexity index is 947. The number of aliphatic hydroxyl groups is 1. The van der Waals surface area contributed by atoms with Crippen LogP contribution in [0.4, 0.5) is 0 Å². The number of aromatic hydroxyl groups is 1. The number of methoxy groups -OCH3 is 1. The molecule has 2 aliphatic carbocycles. The summed E-state index contributed by atoms with van der Waals surface area (Å²) in [6, 6.07) is 6.37. The average molecular weight is 514 g/mol. The van der Waals surface area contributed by atoms with E-state index in [0.717, 1.165) is 31.1 Å². The van der Waals surface area contributed by atoms with Crippen molar-refractivity contribution in [3.05, 3.63) is 35.9 Å². The molecule has 37 heavy (non-hydrogen) atoms. The first-order valence-electron chi connectivity index (χ1n) is 14.5. The SMILES string of the molecule is COC1([C@@H](C)Oc2cc(C[C@@H]3C[C@H](C)CCN3CC3CC3)ccc2O)C=CCC[C@@H]1[C@](C)(O)C(C)(C)C. The van der Waals surface area contributed by atoms with Crippen LogP contribution in [0.1, 0.15) is 85.6 Å². The summed E-state index contributed by atoms with van der Waals surface area (Å²) in [6.45, 7) is 14.9. The van der Waals surface area contributed by atoms with Crippen LogP contribution in [0, 0.1) is 23.2 Å². The molecule has 0 radical (unpaired) electrons. The van der Waals surface area contributed by atoms with Crippen LogP contribution in [0.5, 0.6) is 11.5 Å². The summed E-state index contributed by atoms with van der Waals surface area (Å²) in [5.74, 6) is 2.12. The van der Waals surface area contributed by atoms with Crippen LogP contribution in [0.3, 0.4) is 0 Å². The molecule has 3 aliphatic rings. The summed E-state index contributed by atoms with van der Waals surface area (Å²) in [5.41, 5.74) is -0.920. The molecule has 2 fully saturated rings. The first kappa shape index (κ1) is 28.4. The third-order valence-electron chi connectivity index (χ3n) is 9.82. The van der Waals surface area contributed by atoms with Crippen LogP contribution in [-0.2, 0) is 11.2 Å². The smallest absolute Gasteiger partial charge is 0.161 e. The third-order valence-corrected chi connectivity index (χ3v) is 9.82. The van der Waals surface area contributed by atoms with Gasteiger partial charge in [0.2, 0.25) is 0 Å². The molecule has 1 saturated heterocycles. The molecule has 6 atom stereocenters. The molecule has 0 aromatic heterocycles. The van der Waals surface area contributed by atoms with Gasteiger partial charge in [0, 0.05) is 25.6 Å². The maximum Gasteiger partial charge on any atom is 0.161 e. The zero-order valence-corrected chi connectivity index (χ0v) is 24.3. The van der Waals surface area contributed by atoms with Crippen molar-refractivity contribution in [1.29, 1.82) is 0 Å². The molecular formula is C32H51NO4. The van der Waals surface area contributed by atoms with Gasteiger partial charge in [-0.05, 0) is 100 Å². The van der Waals surface area contributed by atoms with Crippen LogP contribution in [0.15, 0.2) is 30.4 Å². The number of benzene rings is 1. The van der Waals surface area contributed by atoms with Gasteiger partial charge < -0.3 is 19.7 Å².